The number of benzene rings is 1. The number of aromatic nitrogens is 3. The third-order valence-electron chi connectivity index (χ3n) is 3.62. The van der Waals surface area contributed by atoms with Gasteiger partial charge in [0.2, 0.25) is 0 Å². The van der Waals surface area contributed by atoms with Crippen LogP contribution in [0.1, 0.15) is 21.6 Å². The lowest BCUT2D eigenvalue weighted by atomic mass is 10.2. The lowest BCUT2D eigenvalue weighted by Gasteiger charge is -2.05. The molecule has 0 unspecified atom stereocenters. The Kier molecular flexibility index (Phi) is 3.95. The van der Waals surface area contributed by atoms with Crippen LogP contribution in [0.5, 0.6) is 0 Å². The zero-order chi connectivity index (χ0) is 17.3. The van der Waals surface area contributed by atoms with Crippen molar-refractivity contribution < 1.29 is 14.5 Å². The van der Waals surface area contributed by atoms with Crippen molar-refractivity contribution in [3.05, 3.63) is 63.5 Å². The SMILES string of the molecule is Cc1nn(C)c2ncc(C(=O)OCc3ccc([N+](=O)[O-])cc3)cc12. The molecule has 24 heavy (non-hydrogen) atoms. The van der Waals surface area contributed by atoms with Gasteiger partial charge in [-0.1, -0.05) is 0 Å². The number of rotatable bonds is 4. The van der Waals surface area contributed by atoms with E-state index in [4.69, 9.17) is 4.74 Å². The molecule has 0 spiro atoms. The molecule has 0 fully saturated rings. The summed E-state index contributed by atoms with van der Waals surface area (Å²) in [7, 11) is 1.79. The van der Waals surface area contributed by atoms with Crippen LogP contribution in [-0.2, 0) is 18.4 Å². The summed E-state index contributed by atoms with van der Waals surface area (Å²) in [4.78, 5) is 26.5. The second kappa shape index (κ2) is 6.07. The van der Waals surface area contributed by atoms with Crippen LogP contribution >= 0.6 is 0 Å². The maximum absolute atomic E-state index is 12.2. The minimum atomic E-state index is -0.508. The fourth-order valence-corrected chi connectivity index (χ4v) is 2.37. The van der Waals surface area contributed by atoms with Crippen LogP contribution in [-0.4, -0.2) is 25.7 Å². The van der Waals surface area contributed by atoms with Crippen LogP contribution in [0, 0.1) is 17.0 Å². The Hall–Kier alpha value is -3.29. The quantitative estimate of drug-likeness (QED) is 0.415. The van der Waals surface area contributed by atoms with Crippen LogP contribution in [0.4, 0.5) is 5.69 Å². The Morgan fingerprint density at radius 3 is 2.71 bits per heavy atom. The van der Waals surface area contributed by atoms with Crippen molar-refractivity contribution in [2.75, 3.05) is 0 Å². The molecule has 0 aliphatic rings. The number of nitro groups is 1. The maximum Gasteiger partial charge on any atom is 0.340 e. The number of non-ortho nitro benzene ring substituents is 1. The first-order valence-electron chi connectivity index (χ1n) is 7.15. The van der Waals surface area contributed by atoms with Gasteiger partial charge in [0.1, 0.15) is 6.61 Å². The molecule has 0 bridgehead atoms. The monoisotopic (exact) mass is 326 g/mol. The number of nitro benzene ring substituents is 1. The number of ether oxygens (including phenoxy) is 1. The second-order valence-electron chi connectivity index (χ2n) is 5.30. The number of nitrogens with zero attached hydrogens (tertiary/aromatic N) is 4. The number of carbonyl (C=O) groups is 1. The zero-order valence-corrected chi connectivity index (χ0v) is 13.1. The lowest BCUT2D eigenvalue weighted by Crippen LogP contribution is -2.06. The van der Waals surface area contributed by atoms with Gasteiger partial charge in [0, 0.05) is 30.8 Å². The molecule has 8 heteroatoms. The molecule has 0 aliphatic carbocycles. The molecule has 0 radical (unpaired) electrons. The molecule has 1 aromatic carbocycles. The maximum atomic E-state index is 12.2. The minimum absolute atomic E-state index is 0.00761. The third-order valence-corrected chi connectivity index (χ3v) is 3.62. The average molecular weight is 326 g/mol. The van der Waals surface area contributed by atoms with E-state index in [0.717, 1.165) is 11.1 Å². The molecule has 0 saturated heterocycles. The van der Waals surface area contributed by atoms with E-state index in [9.17, 15) is 14.9 Å². The first-order valence-corrected chi connectivity index (χ1v) is 7.15. The van der Waals surface area contributed by atoms with Gasteiger partial charge in [0.05, 0.1) is 16.2 Å². The van der Waals surface area contributed by atoms with E-state index < -0.39 is 10.9 Å². The summed E-state index contributed by atoms with van der Waals surface area (Å²) in [6.45, 7) is 1.87. The molecule has 8 nitrogen and oxygen atoms in total. The molecule has 2 aromatic heterocycles. The van der Waals surface area contributed by atoms with Crippen molar-refractivity contribution in [2.45, 2.75) is 13.5 Å². The lowest BCUT2D eigenvalue weighted by molar-refractivity contribution is -0.384. The number of hydrogen-bond donors (Lipinski definition) is 0. The van der Waals surface area contributed by atoms with Crippen molar-refractivity contribution in [1.29, 1.82) is 0 Å². The van der Waals surface area contributed by atoms with Gasteiger partial charge in [-0.3, -0.25) is 14.8 Å². The second-order valence-corrected chi connectivity index (χ2v) is 5.30. The summed E-state index contributed by atoms with van der Waals surface area (Å²) in [5.74, 6) is -0.508. The number of carbonyl (C=O) groups excluding carboxylic acids is 1. The topological polar surface area (TPSA) is 100 Å². The summed E-state index contributed by atoms with van der Waals surface area (Å²) in [5, 5.41) is 15.7. The molecule has 0 aliphatic heterocycles. The van der Waals surface area contributed by atoms with Gasteiger partial charge in [0.25, 0.3) is 5.69 Å². The first-order chi connectivity index (χ1) is 11.5. The molecule has 0 saturated carbocycles. The van der Waals surface area contributed by atoms with Gasteiger partial charge < -0.3 is 4.74 Å². The average Bonchev–Trinajstić information content (AvgIpc) is 2.87. The standard InChI is InChI=1S/C16H14N4O4/c1-10-14-7-12(8-17-15(14)19(2)18-10)16(21)24-9-11-3-5-13(6-4-11)20(22)23/h3-8H,9H2,1-2H3. The fourth-order valence-electron chi connectivity index (χ4n) is 2.37. The van der Waals surface area contributed by atoms with Gasteiger partial charge in [-0.05, 0) is 30.7 Å². The molecule has 3 aromatic rings. The van der Waals surface area contributed by atoms with Crippen LogP contribution in [0.3, 0.4) is 0 Å². The molecule has 0 N–H and O–H groups in total. The molecule has 0 atom stereocenters. The van der Waals surface area contributed by atoms with Gasteiger partial charge >= 0.3 is 5.97 Å². The van der Waals surface area contributed by atoms with E-state index in [2.05, 4.69) is 10.1 Å². The summed E-state index contributed by atoms with van der Waals surface area (Å²) in [6.07, 6.45) is 1.45. The van der Waals surface area contributed by atoms with Gasteiger partial charge in [-0.25, -0.2) is 9.78 Å². The van der Waals surface area contributed by atoms with Crippen molar-refractivity contribution >= 4 is 22.7 Å². The highest BCUT2D eigenvalue weighted by atomic mass is 16.6. The fraction of sp³-hybridized carbons (Fsp3) is 0.188. The molecule has 2 heterocycles. The van der Waals surface area contributed by atoms with Gasteiger partial charge in [-0.15, -0.1) is 0 Å². The molecule has 3 rings (SSSR count). The predicted octanol–water partition coefficient (Wildman–Crippen LogP) is 2.54. The van der Waals surface area contributed by atoms with Gasteiger partial charge in [-0.2, -0.15) is 5.10 Å². The molecule has 0 amide bonds. The van der Waals surface area contributed by atoms with E-state index in [1.807, 2.05) is 6.92 Å². The number of esters is 1. The Morgan fingerprint density at radius 1 is 1.33 bits per heavy atom. The first kappa shape index (κ1) is 15.6. The summed E-state index contributed by atoms with van der Waals surface area (Å²) < 4.78 is 6.88. The highest BCUT2D eigenvalue weighted by Gasteiger charge is 2.13. The predicted molar refractivity (Wildman–Crippen MR) is 85.5 cm³/mol. The number of pyridine rings is 1. The van der Waals surface area contributed by atoms with E-state index in [1.165, 1.54) is 18.3 Å². The van der Waals surface area contributed by atoms with Crippen LogP contribution in [0.15, 0.2) is 36.5 Å². The zero-order valence-electron chi connectivity index (χ0n) is 13.1. The molecular formula is C16H14N4O4. The summed E-state index contributed by atoms with van der Waals surface area (Å²) >= 11 is 0. The van der Waals surface area contributed by atoms with Crippen molar-refractivity contribution in [2.24, 2.45) is 7.05 Å². The van der Waals surface area contributed by atoms with Crippen molar-refractivity contribution in [1.82, 2.24) is 14.8 Å². The Labute approximate surface area is 136 Å². The van der Waals surface area contributed by atoms with E-state index in [-0.39, 0.29) is 12.3 Å². The van der Waals surface area contributed by atoms with E-state index >= 15 is 0 Å². The Balaban J connectivity index is 1.73. The number of fused-ring (bicyclic) bond motifs is 1. The van der Waals surface area contributed by atoms with E-state index in [0.29, 0.717) is 16.8 Å². The molecule has 122 valence electrons. The largest absolute Gasteiger partial charge is 0.457 e. The normalized spacial score (nSPS) is 10.8. The summed E-state index contributed by atoms with van der Waals surface area (Å²) in [5.41, 5.74) is 2.47. The number of aryl methyl sites for hydroxylation is 2. The Morgan fingerprint density at radius 2 is 2.04 bits per heavy atom. The van der Waals surface area contributed by atoms with Gasteiger partial charge in [0.15, 0.2) is 5.65 Å². The number of hydrogen-bond acceptors (Lipinski definition) is 6. The van der Waals surface area contributed by atoms with Crippen molar-refractivity contribution in [3.8, 4) is 0 Å². The van der Waals surface area contributed by atoms with Crippen LogP contribution in [0.25, 0.3) is 11.0 Å². The third kappa shape index (κ3) is 2.94. The molecular weight excluding hydrogens is 312 g/mol. The summed E-state index contributed by atoms with van der Waals surface area (Å²) in [6, 6.07) is 7.55. The van der Waals surface area contributed by atoms with Crippen molar-refractivity contribution in [3.63, 3.8) is 0 Å². The highest BCUT2D eigenvalue weighted by Crippen LogP contribution is 2.18. The highest BCUT2D eigenvalue weighted by molar-refractivity contribution is 5.93. The smallest absolute Gasteiger partial charge is 0.340 e. The minimum Gasteiger partial charge on any atom is -0.457 e. The van der Waals surface area contributed by atoms with E-state index in [1.54, 1.807) is 29.9 Å². The van der Waals surface area contributed by atoms with Crippen LogP contribution in [0.2, 0.25) is 0 Å². The van der Waals surface area contributed by atoms with Crippen LogP contribution < -0.4 is 0 Å². The Bertz CT molecular complexity index is 931.